The number of carbonyl (C=O) groups is 1. The first-order valence-corrected chi connectivity index (χ1v) is 10.7. The zero-order valence-electron chi connectivity index (χ0n) is 18.0. The standard InChI is InChI=1S/C24H32N2O4/c1-3-4-13-30-22-10-9-19(16-23(22)28-2)24(27)25-17-20-7-5-6-8-21(20)18-26-11-14-29-15-12-26/h5-10,16H,3-4,11-15,17-18H2,1-2H3,(H,25,27). The summed E-state index contributed by atoms with van der Waals surface area (Å²) in [6.07, 6.45) is 2.05. The molecule has 0 radical (unpaired) electrons. The normalized spacial score (nSPS) is 14.3. The number of morpholine rings is 1. The minimum atomic E-state index is -0.130. The van der Waals surface area contributed by atoms with Gasteiger partial charge >= 0.3 is 0 Å². The second-order valence-corrected chi connectivity index (χ2v) is 7.41. The highest BCUT2D eigenvalue weighted by Crippen LogP contribution is 2.28. The molecule has 1 N–H and O–H groups in total. The summed E-state index contributed by atoms with van der Waals surface area (Å²) < 4.78 is 16.6. The number of hydrogen-bond acceptors (Lipinski definition) is 5. The molecule has 1 aliphatic heterocycles. The van der Waals surface area contributed by atoms with Gasteiger partial charge in [-0.2, -0.15) is 0 Å². The van der Waals surface area contributed by atoms with Crippen LogP contribution in [0, 0.1) is 0 Å². The van der Waals surface area contributed by atoms with Gasteiger partial charge in [-0.05, 0) is 35.7 Å². The SMILES string of the molecule is CCCCOc1ccc(C(=O)NCc2ccccc2CN2CCOCC2)cc1OC. The lowest BCUT2D eigenvalue weighted by molar-refractivity contribution is 0.0340. The molecule has 1 heterocycles. The van der Waals surface area contributed by atoms with Crippen molar-refractivity contribution in [3.8, 4) is 11.5 Å². The summed E-state index contributed by atoms with van der Waals surface area (Å²) in [5.41, 5.74) is 2.92. The van der Waals surface area contributed by atoms with Crippen molar-refractivity contribution in [2.75, 3.05) is 40.0 Å². The lowest BCUT2D eigenvalue weighted by Crippen LogP contribution is -2.36. The Morgan fingerprint density at radius 2 is 1.87 bits per heavy atom. The van der Waals surface area contributed by atoms with Crippen LogP contribution in [-0.4, -0.2) is 50.8 Å². The first kappa shape index (κ1) is 22.1. The van der Waals surface area contributed by atoms with Crippen LogP contribution in [0.15, 0.2) is 42.5 Å². The second-order valence-electron chi connectivity index (χ2n) is 7.41. The molecule has 0 unspecified atom stereocenters. The highest BCUT2D eigenvalue weighted by Gasteiger charge is 2.14. The maximum Gasteiger partial charge on any atom is 0.251 e. The molecule has 6 heteroatoms. The average molecular weight is 413 g/mol. The quantitative estimate of drug-likeness (QED) is 0.604. The van der Waals surface area contributed by atoms with Crippen molar-refractivity contribution in [1.29, 1.82) is 0 Å². The van der Waals surface area contributed by atoms with E-state index in [2.05, 4.69) is 29.3 Å². The number of benzene rings is 2. The van der Waals surface area contributed by atoms with Crippen LogP contribution in [0.3, 0.4) is 0 Å². The van der Waals surface area contributed by atoms with E-state index in [1.807, 2.05) is 12.1 Å². The van der Waals surface area contributed by atoms with Crippen molar-refractivity contribution < 1.29 is 19.0 Å². The third-order valence-corrected chi connectivity index (χ3v) is 5.24. The van der Waals surface area contributed by atoms with E-state index in [9.17, 15) is 4.79 Å². The molecule has 2 aromatic rings. The molecular weight excluding hydrogens is 380 g/mol. The largest absolute Gasteiger partial charge is 0.493 e. The van der Waals surface area contributed by atoms with Gasteiger partial charge in [0.25, 0.3) is 5.91 Å². The van der Waals surface area contributed by atoms with Crippen LogP contribution in [-0.2, 0) is 17.8 Å². The van der Waals surface area contributed by atoms with Crippen molar-refractivity contribution in [3.05, 3.63) is 59.2 Å². The smallest absolute Gasteiger partial charge is 0.251 e. The molecular formula is C24H32N2O4. The summed E-state index contributed by atoms with van der Waals surface area (Å²) in [5.74, 6) is 1.11. The topological polar surface area (TPSA) is 60.0 Å². The predicted octanol–water partition coefficient (Wildman–Crippen LogP) is 3.64. The summed E-state index contributed by atoms with van der Waals surface area (Å²) in [7, 11) is 1.59. The summed E-state index contributed by atoms with van der Waals surface area (Å²) >= 11 is 0. The Kier molecular flexibility index (Phi) is 8.53. The lowest BCUT2D eigenvalue weighted by atomic mass is 10.1. The van der Waals surface area contributed by atoms with Crippen molar-refractivity contribution in [2.45, 2.75) is 32.9 Å². The van der Waals surface area contributed by atoms with E-state index < -0.39 is 0 Å². The van der Waals surface area contributed by atoms with Gasteiger partial charge in [-0.3, -0.25) is 9.69 Å². The van der Waals surface area contributed by atoms with Crippen molar-refractivity contribution in [3.63, 3.8) is 0 Å². The Morgan fingerprint density at radius 3 is 2.60 bits per heavy atom. The third-order valence-electron chi connectivity index (χ3n) is 5.24. The van der Waals surface area contributed by atoms with E-state index in [1.165, 1.54) is 5.56 Å². The molecule has 0 aliphatic carbocycles. The highest BCUT2D eigenvalue weighted by atomic mass is 16.5. The molecule has 1 amide bonds. The number of unbranched alkanes of at least 4 members (excludes halogenated alkanes) is 1. The molecule has 1 saturated heterocycles. The zero-order valence-corrected chi connectivity index (χ0v) is 18.0. The number of nitrogens with one attached hydrogen (secondary N) is 1. The molecule has 0 bridgehead atoms. The van der Waals surface area contributed by atoms with Gasteiger partial charge in [0.2, 0.25) is 0 Å². The van der Waals surface area contributed by atoms with Gasteiger partial charge in [0.15, 0.2) is 11.5 Å². The van der Waals surface area contributed by atoms with E-state index >= 15 is 0 Å². The van der Waals surface area contributed by atoms with Crippen molar-refractivity contribution in [2.24, 2.45) is 0 Å². The first-order chi connectivity index (χ1) is 14.7. The molecule has 1 aliphatic rings. The van der Waals surface area contributed by atoms with Gasteiger partial charge in [0, 0.05) is 31.7 Å². The van der Waals surface area contributed by atoms with Gasteiger partial charge in [-0.1, -0.05) is 37.6 Å². The summed E-state index contributed by atoms with van der Waals surface area (Å²) in [4.78, 5) is 15.1. The molecule has 30 heavy (non-hydrogen) atoms. The van der Waals surface area contributed by atoms with Gasteiger partial charge in [0.1, 0.15) is 0 Å². The molecule has 0 spiro atoms. The summed E-state index contributed by atoms with van der Waals surface area (Å²) in [6, 6.07) is 13.6. The molecule has 0 saturated carbocycles. The Bertz CT molecular complexity index is 819. The fraction of sp³-hybridized carbons (Fsp3) is 0.458. The fourth-order valence-electron chi connectivity index (χ4n) is 3.42. The molecule has 1 fully saturated rings. The number of nitrogens with zero attached hydrogens (tertiary/aromatic N) is 1. The van der Waals surface area contributed by atoms with Crippen LogP contribution in [0.25, 0.3) is 0 Å². The lowest BCUT2D eigenvalue weighted by Gasteiger charge is -2.27. The number of carbonyl (C=O) groups excluding carboxylic acids is 1. The minimum absolute atomic E-state index is 0.130. The van der Waals surface area contributed by atoms with E-state index in [0.717, 1.165) is 51.3 Å². The molecule has 0 aromatic heterocycles. The highest BCUT2D eigenvalue weighted by molar-refractivity contribution is 5.94. The number of hydrogen-bond donors (Lipinski definition) is 1. The van der Waals surface area contributed by atoms with Gasteiger partial charge in [-0.15, -0.1) is 0 Å². The monoisotopic (exact) mass is 412 g/mol. The van der Waals surface area contributed by atoms with Crippen LogP contribution in [0.2, 0.25) is 0 Å². The van der Waals surface area contributed by atoms with Crippen LogP contribution in [0.5, 0.6) is 11.5 Å². The first-order valence-electron chi connectivity index (χ1n) is 10.7. The van der Waals surface area contributed by atoms with Gasteiger partial charge < -0.3 is 19.5 Å². The van der Waals surface area contributed by atoms with Crippen molar-refractivity contribution >= 4 is 5.91 Å². The number of rotatable bonds is 10. The van der Waals surface area contributed by atoms with E-state index in [-0.39, 0.29) is 5.91 Å². The molecule has 3 rings (SSSR count). The maximum atomic E-state index is 12.7. The van der Waals surface area contributed by atoms with Crippen LogP contribution >= 0.6 is 0 Å². The van der Waals surface area contributed by atoms with E-state index in [0.29, 0.717) is 30.2 Å². The van der Waals surface area contributed by atoms with Gasteiger partial charge in [0.05, 0.1) is 26.9 Å². The molecule has 162 valence electrons. The molecule has 0 atom stereocenters. The molecule has 2 aromatic carbocycles. The Labute approximate surface area is 179 Å². The van der Waals surface area contributed by atoms with Crippen molar-refractivity contribution in [1.82, 2.24) is 10.2 Å². The summed E-state index contributed by atoms with van der Waals surface area (Å²) in [5, 5.41) is 3.04. The third kappa shape index (κ3) is 6.21. The predicted molar refractivity (Wildman–Crippen MR) is 117 cm³/mol. The van der Waals surface area contributed by atoms with E-state index in [1.54, 1.807) is 25.3 Å². The van der Waals surface area contributed by atoms with Crippen LogP contribution in [0.1, 0.15) is 41.3 Å². The Morgan fingerprint density at radius 1 is 1.10 bits per heavy atom. The number of amides is 1. The number of methoxy groups -OCH3 is 1. The summed E-state index contributed by atoms with van der Waals surface area (Å²) in [6.45, 7) is 7.53. The Hall–Kier alpha value is -2.57. The average Bonchev–Trinajstić information content (AvgIpc) is 2.79. The van der Waals surface area contributed by atoms with Crippen LogP contribution in [0.4, 0.5) is 0 Å². The fourth-order valence-corrected chi connectivity index (χ4v) is 3.42. The second kappa shape index (κ2) is 11.6. The van der Waals surface area contributed by atoms with Crippen LogP contribution < -0.4 is 14.8 Å². The van der Waals surface area contributed by atoms with E-state index in [4.69, 9.17) is 14.2 Å². The number of ether oxygens (including phenoxy) is 3. The zero-order chi connectivity index (χ0) is 21.2. The molecule has 6 nitrogen and oxygen atoms in total. The minimum Gasteiger partial charge on any atom is -0.493 e. The Balaban J connectivity index is 1.61. The van der Waals surface area contributed by atoms with Gasteiger partial charge in [-0.25, -0.2) is 0 Å². The maximum absolute atomic E-state index is 12.7.